The lowest BCUT2D eigenvalue weighted by Gasteiger charge is -2.22. The molecule has 1 aromatic heterocycles. The van der Waals surface area contributed by atoms with Crippen LogP contribution in [0, 0.1) is 0 Å². The zero-order valence-electron chi connectivity index (χ0n) is 16.0. The van der Waals surface area contributed by atoms with Crippen LogP contribution in [0.4, 0.5) is 0 Å². The van der Waals surface area contributed by atoms with Gasteiger partial charge in [0.2, 0.25) is 0 Å². The van der Waals surface area contributed by atoms with Crippen molar-refractivity contribution in [1.29, 1.82) is 0 Å². The number of fused-ring (bicyclic) bond motifs is 1. The van der Waals surface area contributed by atoms with Crippen molar-refractivity contribution in [3.63, 3.8) is 0 Å². The van der Waals surface area contributed by atoms with Gasteiger partial charge in [-0.3, -0.25) is 9.59 Å². The number of carbonyl (C=O) groups excluding carboxylic acids is 1. The van der Waals surface area contributed by atoms with Gasteiger partial charge in [-0.25, -0.2) is 13.4 Å². The van der Waals surface area contributed by atoms with Crippen LogP contribution in [0.15, 0.2) is 52.2 Å². The fourth-order valence-electron chi connectivity index (χ4n) is 2.98. The molecule has 1 amide bonds. The molecule has 7 nitrogen and oxygen atoms in total. The highest BCUT2D eigenvalue weighted by Crippen LogP contribution is 2.17. The van der Waals surface area contributed by atoms with Gasteiger partial charge < -0.3 is 9.88 Å². The molecule has 0 radical (unpaired) electrons. The molecule has 2 aromatic carbocycles. The second-order valence-corrected chi connectivity index (χ2v) is 9.15. The van der Waals surface area contributed by atoms with Crippen molar-refractivity contribution >= 4 is 38.2 Å². The van der Waals surface area contributed by atoms with E-state index in [2.05, 4.69) is 9.97 Å². The van der Waals surface area contributed by atoms with Gasteiger partial charge in [-0.2, -0.15) is 0 Å². The number of hydrogen-bond acceptors (Lipinski definition) is 5. The van der Waals surface area contributed by atoms with Gasteiger partial charge in [0.25, 0.3) is 11.5 Å². The minimum Gasteiger partial charge on any atom is -0.331 e. The van der Waals surface area contributed by atoms with E-state index < -0.39 is 9.84 Å². The van der Waals surface area contributed by atoms with Gasteiger partial charge in [-0.05, 0) is 42.8 Å². The van der Waals surface area contributed by atoms with Crippen molar-refractivity contribution in [2.45, 2.75) is 24.8 Å². The number of sulfone groups is 1. The number of aromatic amines is 1. The largest absolute Gasteiger partial charge is 0.331 e. The molecule has 29 heavy (non-hydrogen) atoms. The van der Waals surface area contributed by atoms with Crippen molar-refractivity contribution in [1.82, 2.24) is 14.9 Å². The highest BCUT2D eigenvalue weighted by Gasteiger charge is 2.19. The number of rotatable bonds is 6. The first-order valence-electron chi connectivity index (χ1n) is 8.97. The summed E-state index contributed by atoms with van der Waals surface area (Å²) < 4.78 is 23.6. The minimum atomic E-state index is -3.43. The zero-order valence-corrected chi connectivity index (χ0v) is 17.5. The number of nitrogens with one attached hydrogen (secondary N) is 1. The molecule has 0 saturated carbocycles. The third kappa shape index (κ3) is 4.83. The summed E-state index contributed by atoms with van der Waals surface area (Å²) in [5.41, 5.74) is 0.386. The van der Waals surface area contributed by atoms with Gasteiger partial charge in [0.15, 0.2) is 9.84 Å². The Morgan fingerprint density at radius 1 is 1.21 bits per heavy atom. The maximum absolute atomic E-state index is 13.0. The Labute approximate surface area is 173 Å². The van der Waals surface area contributed by atoms with Gasteiger partial charge in [0.1, 0.15) is 5.82 Å². The van der Waals surface area contributed by atoms with E-state index in [0.717, 1.165) is 6.26 Å². The van der Waals surface area contributed by atoms with Gasteiger partial charge in [0.05, 0.1) is 22.3 Å². The number of hydrogen-bond donors (Lipinski definition) is 1. The molecule has 0 atom stereocenters. The maximum atomic E-state index is 13.0. The van der Waals surface area contributed by atoms with E-state index in [-0.39, 0.29) is 28.5 Å². The van der Waals surface area contributed by atoms with E-state index in [1.54, 1.807) is 24.3 Å². The first-order chi connectivity index (χ1) is 13.7. The molecule has 3 rings (SSSR count). The number of H-pyrrole nitrogens is 1. The average Bonchev–Trinajstić information content (AvgIpc) is 2.66. The summed E-state index contributed by atoms with van der Waals surface area (Å²) >= 11 is 6.00. The first-order valence-corrected chi connectivity index (χ1v) is 11.2. The van der Waals surface area contributed by atoms with Crippen LogP contribution in [0.1, 0.15) is 29.5 Å². The van der Waals surface area contributed by atoms with Crippen molar-refractivity contribution < 1.29 is 13.2 Å². The second kappa shape index (κ2) is 8.34. The van der Waals surface area contributed by atoms with E-state index in [1.165, 1.54) is 23.1 Å². The Morgan fingerprint density at radius 3 is 2.66 bits per heavy atom. The van der Waals surface area contributed by atoms with Gasteiger partial charge in [-0.15, -0.1) is 0 Å². The van der Waals surface area contributed by atoms with Crippen LogP contribution in [-0.4, -0.2) is 42.0 Å². The molecule has 0 aliphatic heterocycles. The van der Waals surface area contributed by atoms with Gasteiger partial charge in [-0.1, -0.05) is 24.6 Å². The molecular weight excluding hydrogens is 414 g/mol. The van der Waals surface area contributed by atoms with Crippen LogP contribution < -0.4 is 5.56 Å². The molecule has 0 aliphatic carbocycles. The Morgan fingerprint density at radius 2 is 1.97 bits per heavy atom. The van der Waals surface area contributed by atoms with E-state index >= 15 is 0 Å². The molecule has 1 N–H and O–H groups in total. The molecule has 0 spiro atoms. The van der Waals surface area contributed by atoms with Crippen molar-refractivity contribution in [3.8, 4) is 0 Å². The predicted molar refractivity (Wildman–Crippen MR) is 112 cm³/mol. The van der Waals surface area contributed by atoms with Crippen LogP contribution in [0.25, 0.3) is 10.9 Å². The molecule has 152 valence electrons. The third-order valence-corrected chi connectivity index (χ3v) is 5.69. The second-order valence-electron chi connectivity index (χ2n) is 6.70. The Hall–Kier alpha value is -2.71. The molecule has 0 unspecified atom stereocenters. The summed E-state index contributed by atoms with van der Waals surface area (Å²) in [6.07, 6.45) is 1.77. The summed E-state index contributed by atoms with van der Waals surface area (Å²) in [6.45, 7) is 2.41. The lowest BCUT2D eigenvalue weighted by atomic mass is 10.2. The predicted octanol–water partition coefficient (Wildman–Crippen LogP) is 3.03. The molecule has 0 aliphatic rings. The molecule has 0 fully saturated rings. The number of aromatic nitrogens is 2. The minimum absolute atomic E-state index is 0.0756. The fourth-order valence-corrected chi connectivity index (χ4v) is 3.81. The number of halogens is 1. The van der Waals surface area contributed by atoms with Crippen LogP contribution in [0.3, 0.4) is 0 Å². The molecule has 9 heteroatoms. The summed E-state index contributed by atoms with van der Waals surface area (Å²) in [4.78, 5) is 34.1. The first kappa shape index (κ1) is 21.0. The molecular formula is C20H20ClN3O4S. The van der Waals surface area contributed by atoms with Crippen molar-refractivity contribution in [3.05, 3.63) is 69.2 Å². The highest BCUT2D eigenvalue weighted by molar-refractivity contribution is 7.90. The van der Waals surface area contributed by atoms with E-state index in [9.17, 15) is 18.0 Å². The van der Waals surface area contributed by atoms with Gasteiger partial charge >= 0.3 is 0 Å². The van der Waals surface area contributed by atoms with E-state index in [1.807, 2.05) is 6.92 Å². The Balaban J connectivity index is 1.96. The van der Waals surface area contributed by atoms with Crippen LogP contribution in [0.2, 0.25) is 5.02 Å². The number of benzene rings is 2. The SMILES string of the molecule is CCCN(Cc1nc2cc(Cl)ccc2c(=O)[nH]1)C(=O)c1cccc(S(C)(=O)=O)c1. The monoisotopic (exact) mass is 433 g/mol. The number of amides is 1. The zero-order chi connectivity index (χ0) is 21.2. The quantitative estimate of drug-likeness (QED) is 0.644. The Kier molecular flexibility index (Phi) is 6.04. The van der Waals surface area contributed by atoms with Crippen LogP contribution in [0.5, 0.6) is 0 Å². The van der Waals surface area contributed by atoms with Crippen LogP contribution >= 0.6 is 11.6 Å². The summed E-state index contributed by atoms with van der Waals surface area (Å²) in [7, 11) is -3.43. The van der Waals surface area contributed by atoms with Crippen LogP contribution in [-0.2, 0) is 16.4 Å². The van der Waals surface area contributed by atoms with Crippen molar-refractivity contribution in [2.24, 2.45) is 0 Å². The molecule has 1 heterocycles. The smallest absolute Gasteiger partial charge is 0.258 e. The fraction of sp³-hybridized carbons (Fsp3) is 0.250. The summed E-state index contributed by atoms with van der Waals surface area (Å²) in [5, 5.41) is 0.869. The number of carbonyl (C=O) groups is 1. The highest BCUT2D eigenvalue weighted by atomic mass is 35.5. The molecule has 0 bridgehead atoms. The lowest BCUT2D eigenvalue weighted by molar-refractivity contribution is 0.0738. The normalized spacial score (nSPS) is 11.6. The molecule has 3 aromatic rings. The van der Waals surface area contributed by atoms with E-state index in [0.29, 0.717) is 34.7 Å². The Bertz CT molecular complexity index is 1240. The van der Waals surface area contributed by atoms with Crippen molar-refractivity contribution in [2.75, 3.05) is 12.8 Å². The molecule has 0 saturated heterocycles. The maximum Gasteiger partial charge on any atom is 0.258 e. The lowest BCUT2D eigenvalue weighted by Crippen LogP contribution is -2.33. The summed E-state index contributed by atoms with van der Waals surface area (Å²) in [5.74, 6) is -0.0166. The van der Waals surface area contributed by atoms with Gasteiger partial charge in [0, 0.05) is 23.4 Å². The average molecular weight is 434 g/mol. The summed E-state index contributed by atoms with van der Waals surface area (Å²) in [6, 6.07) is 10.7. The third-order valence-electron chi connectivity index (χ3n) is 4.35. The number of nitrogens with zero attached hydrogens (tertiary/aromatic N) is 2. The standard InChI is InChI=1S/C20H20ClN3O4S/c1-3-9-24(20(26)13-5-4-6-15(10-13)29(2,27)28)12-18-22-17-11-14(21)7-8-16(17)19(25)23-18/h4-8,10-11H,3,9,12H2,1-2H3,(H,22,23,25). The van der Waals surface area contributed by atoms with E-state index in [4.69, 9.17) is 11.6 Å². The topological polar surface area (TPSA) is 100 Å².